The monoisotopic (exact) mass is 239 g/mol. The molecule has 2 aromatic rings. The highest BCUT2D eigenvalue weighted by Gasteiger charge is 2.06. The summed E-state index contributed by atoms with van der Waals surface area (Å²) >= 11 is 0. The van der Waals surface area contributed by atoms with Gasteiger partial charge in [-0.1, -0.05) is 0 Å². The SMILES string of the molecule is N#Cc1ccc(Oc2ccc(C#N)nc2)c(F)c1. The van der Waals surface area contributed by atoms with Crippen molar-refractivity contribution in [1.29, 1.82) is 10.5 Å². The minimum absolute atomic E-state index is 0.000470. The Hall–Kier alpha value is -2.92. The van der Waals surface area contributed by atoms with Gasteiger partial charge >= 0.3 is 0 Å². The van der Waals surface area contributed by atoms with Crippen LogP contribution in [0.4, 0.5) is 4.39 Å². The average Bonchev–Trinajstić information content (AvgIpc) is 2.42. The van der Waals surface area contributed by atoms with Gasteiger partial charge in [0, 0.05) is 0 Å². The van der Waals surface area contributed by atoms with E-state index >= 15 is 0 Å². The molecule has 18 heavy (non-hydrogen) atoms. The summed E-state index contributed by atoms with van der Waals surface area (Å²) in [5.41, 5.74) is 0.473. The predicted octanol–water partition coefficient (Wildman–Crippen LogP) is 2.76. The van der Waals surface area contributed by atoms with Crippen LogP contribution in [0, 0.1) is 28.5 Å². The highest BCUT2D eigenvalue weighted by molar-refractivity contribution is 5.38. The van der Waals surface area contributed by atoms with E-state index in [0.717, 1.165) is 6.07 Å². The molecule has 86 valence electrons. The Balaban J connectivity index is 2.24. The second-order valence-electron chi connectivity index (χ2n) is 3.35. The number of nitriles is 2. The van der Waals surface area contributed by atoms with Crippen LogP contribution in [-0.4, -0.2) is 4.98 Å². The van der Waals surface area contributed by atoms with Crippen molar-refractivity contribution in [2.75, 3.05) is 0 Å². The minimum atomic E-state index is -0.626. The lowest BCUT2D eigenvalue weighted by molar-refractivity contribution is 0.440. The van der Waals surface area contributed by atoms with Crippen LogP contribution in [-0.2, 0) is 0 Å². The third-order valence-corrected chi connectivity index (χ3v) is 2.14. The standard InChI is InChI=1S/C13H6FN3O/c14-12-5-9(6-15)1-4-13(12)18-11-3-2-10(7-16)17-8-11/h1-5,8H. The molecule has 0 aliphatic rings. The molecule has 4 nitrogen and oxygen atoms in total. The zero-order valence-corrected chi connectivity index (χ0v) is 9.09. The number of benzene rings is 1. The van der Waals surface area contributed by atoms with Crippen LogP contribution in [0.3, 0.4) is 0 Å². The Bertz CT molecular complexity index is 653. The lowest BCUT2D eigenvalue weighted by Gasteiger charge is -2.06. The first kappa shape index (κ1) is 11.6. The number of halogens is 1. The van der Waals surface area contributed by atoms with Crippen molar-refractivity contribution in [2.24, 2.45) is 0 Å². The highest BCUT2D eigenvalue weighted by atomic mass is 19.1. The van der Waals surface area contributed by atoms with Gasteiger partial charge in [0.05, 0.1) is 17.8 Å². The molecule has 0 N–H and O–H groups in total. The highest BCUT2D eigenvalue weighted by Crippen LogP contribution is 2.24. The van der Waals surface area contributed by atoms with Gasteiger partial charge in [-0.25, -0.2) is 9.37 Å². The van der Waals surface area contributed by atoms with Crippen LogP contribution >= 0.6 is 0 Å². The van der Waals surface area contributed by atoms with Gasteiger partial charge in [0.1, 0.15) is 17.5 Å². The van der Waals surface area contributed by atoms with E-state index in [9.17, 15) is 4.39 Å². The summed E-state index contributed by atoms with van der Waals surface area (Å²) in [4.78, 5) is 3.80. The Kier molecular flexibility index (Phi) is 3.17. The van der Waals surface area contributed by atoms with Crippen molar-refractivity contribution < 1.29 is 9.13 Å². The molecule has 0 aliphatic heterocycles. The first-order valence-corrected chi connectivity index (χ1v) is 4.96. The fourth-order valence-corrected chi connectivity index (χ4v) is 1.29. The van der Waals surface area contributed by atoms with Crippen molar-refractivity contribution in [2.45, 2.75) is 0 Å². The maximum atomic E-state index is 13.5. The van der Waals surface area contributed by atoms with Crippen LogP contribution in [0.5, 0.6) is 11.5 Å². The zero-order chi connectivity index (χ0) is 13.0. The third kappa shape index (κ3) is 2.42. The molecule has 1 heterocycles. The zero-order valence-electron chi connectivity index (χ0n) is 9.09. The Morgan fingerprint density at radius 1 is 1.11 bits per heavy atom. The normalized spacial score (nSPS) is 9.28. The second kappa shape index (κ2) is 4.94. The van der Waals surface area contributed by atoms with Crippen LogP contribution < -0.4 is 4.74 Å². The van der Waals surface area contributed by atoms with Gasteiger partial charge in [0.2, 0.25) is 0 Å². The third-order valence-electron chi connectivity index (χ3n) is 2.14. The number of hydrogen-bond acceptors (Lipinski definition) is 4. The summed E-state index contributed by atoms with van der Waals surface area (Å²) in [6.07, 6.45) is 1.33. The molecule has 0 saturated carbocycles. The van der Waals surface area contributed by atoms with Gasteiger partial charge in [-0.2, -0.15) is 10.5 Å². The summed E-state index contributed by atoms with van der Waals surface area (Å²) < 4.78 is 18.8. The number of aromatic nitrogens is 1. The number of pyridine rings is 1. The van der Waals surface area contributed by atoms with Crippen LogP contribution in [0.15, 0.2) is 36.5 Å². The second-order valence-corrected chi connectivity index (χ2v) is 3.35. The van der Waals surface area contributed by atoms with Gasteiger partial charge in [-0.05, 0) is 30.3 Å². The van der Waals surface area contributed by atoms with Gasteiger partial charge in [-0.3, -0.25) is 0 Å². The maximum absolute atomic E-state index is 13.5. The van der Waals surface area contributed by atoms with Crippen molar-refractivity contribution in [1.82, 2.24) is 4.98 Å². The fraction of sp³-hybridized carbons (Fsp3) is 0. The quantitative estimate of drug-likeness (QED) is 0.807. The molecule has 2 rings (SSSR count). The van der Waals surface area contributed by atoms with E-state index in [4.69, 9.17) is 15.3 Å². The van der Waals surface area contributed by atoms with Gasteiger partial charge in [0.15, 0.2) is 11.6 Å². The Morgan fingerprint density at radius 2 is 1.94 bits per heavy atom. The molecule has 0 radical (unpaired) electrons. The van der Waals surface area contributed by atoms with E-state index in [1.165, 1.54) is 30.5 Å². The molecule has 0 aliphatic carbocycles. The number of nitrogens with zero attached hydrogens (tertiary/aromatic N) is 3. The summed E-state index contributed by atoms with van der Waals surface area (Å²) in [6.45, 7) is 0. The van der Waals surface area contributed by atoms with E-state index in [1.807, 2.05) is 12.1 Å². The van der Waals surface area contributed by atoms with Crippen LogP contribution in [0.1, 0.15) is 11.3 Å². The van der Waals surface area contributed by atoms with E-state index < -0.39 is 5.82 Å². The fourth-order valence-electron chi connectivity index (χ4n) is 1.29. The van der Waals surface area contributed by atoms with Crippen LogP contribution in [0.25, 0.3) is 0 Å². The van der Waals surface area contributed by atoms with E-state index in [-0.39, 0.29) is 17.0 Å². The molecule has 1 aromatic carbocycles. The van der Waals surface area contributed by atoms with E-state index in [0.29, 0.717) is 5.75 Å². The van der Waals surface area contributed by atoms with Gasteiger partial charge < -0.3 is 4.74 Å². The number of hydrogen-bond donors (Lipinski definition) is 0. The molecule has 0 unspecified atom stereocenters. The summed E-state index contributed by atoms with van der Waals surface area (Å²) in [6, 6.07) is 10.6. The molecule has 1 aromatic heterocycles. The molecule has 0 bridgehead atoms. The Morgan fingerprint density at radius 3 is 2.50 bits per heavy atom. The summed E-state index contributed by atoms with van der Waals surface area (Å²) in [7, 11) is 0. The average molecular weight is 239 g/mol. The van der Waals surface area contributed by atoms with Crippen LogP contribution in [0.2, 0.25) is 0 Å². The molecular weight excluding hydrogens is 233 g/mol. The van der Waals surface area contributed by atoms with Crippen molar-refractivity contribution in [3.05, 3.63) is 53.6 Å². The smallest absolute Gasteiger partial charge is 0.167 e. The molecule has 0 amide bonds. The summed E-state index contributed by atoms with van der Waals surface area (Å²) in [5, 5.41) is 17.2. The minimum Gasteiger partial charge on any atom is -0.453 e. The molecular formula is C13H6FN3O. The first-order chi connectivity index (χ1) is 8.72. The lowest BCUT2D eigenvalue weighted by atomic mass is 10.2. The molecule has 0 fully saturated rings. The number of ether oxygens (including phenoxy) is 1. The van der Waals surface area contributed by atoms with E-state index in [2.05, 4.69) is 4.98 Å². The maximum Gasteiger partial charge on any atom is 0.167 e. The van der Waals surface area contributed by atoms with Gasteiger partial charge in [-0.15, -0.1) is 0 Å². The molecule has 0 spiro atoms. The van der Waals surface area contributed by atoms with Gasteiger partial charge in [0.25, 0.3) is 0 Å². The summed E-state index contributed by atoms with van der Waals surface area (Å²) in [5.74, 6) is -0.309. The largest absolute Gasteiger partial charge is 0.453 e. The predicted molar refractivity (Wildman–Crippen MR) is 60.1 cm³/mol. The molecule has 5 heteroatoms. The molecule has 0 saturated heterocycles. The van der Waals surface area contributed by atoms with Crippen molar-refractivity contribution in [3.63, 3.8) is 0 Å². The first-order valence-electron chi connectivity index (χ1n) is 4.96. The van der Waals surface area contributed by atoms with E-state index in [1.54, 1.807) is 0 Å². The molecule has 0 atom stereocenters. The number of rotatable bonds is 2. The van der Waals surface area contributed by atoms with Crippen molar-refractivity contribution >= 4 is 0 Å². The topological polar surface area (TPSA) is 69.7 Å². The lowest BCUT2D eigenvalue weighted by Crippen LogP contribution is -1.90. The Labute approximate surface area is 103 Å². The van der Waals surface area contributed by atoms with Crippen molar-refractivity contribution in [3.8, 4) is 23.6 Å².